The fourth-order valence-electron chi connectivity index (χ4n) is 11.2. The predicted molar refractivity (Wildman–Crippen MR) is 445 cm³/mol. The molecule has 0 aromatic rings. The topological polar surface area (TPSA) is 108 Å². The number of carbonyl (C=O) groups excluding carboxylic acids is 2. The number of quaternary nitrogens is 1. The van der Waals surface area contributed by atoms with Gasteiger partial charge in [-0.2, -0.15) is 0 Å². The summed E-state index contributed by atoms with van der Waals surface area (Å²) in [6.07, 6.45) is 123. The molecule has 9 nitrogen and oxygen atoms in total. The summed E-state index contributed by atoms with van der Waals surface area (Å²) in [5.41, 5.74) is 0. The van der Waals surface area contributed by atoms with Gasteiger partial charge in [0.1, 0.15) is 19.8 Å². The van der Waals surface area contributed by atoms with E-state index in [1.54, 1.807) is 0 Å². The number of allylic oxidation sites excluding steroid dienone is 30. The summed E-state index contributed by atoms with van der Waals surface area (Å²) < 4.78 is 34.8. The van der Waals surface area contributed by atoms with Gasteiger partial charge in [-0.1, -0.05) is 369 Å². The highest BCUT2D eigenvalue weighted by Gasteiger charge is 2.27. The summed E-state index contributed by atoms with van der Waals surface area (Å²) in [5, 5.41) is 0. The Bertz CT molecular complexity index is 2390. The van der Waals surface area contributed by atoms with E-state index >= 15 is 0 Å². The number of nitrogens with zero attached hydrogens (tertiary/aromatic N) is 1. The Hall–Kier alpha value is -4.89. The fraction of sp³-hybridized carbons (Fsp3) is 0.652. The van der Waals surface area contributed by atoms with Crippen LogP contribution >= 0.6 is 7.82 Å². The van der Waals surface area contributed by atoms with E-state index in [-0.39, 0.29) is 32.0 Å². The highest BCUT2D eigenvalue weighted by Crippen LogP contribution is 2.43. The van der Waals surface area contributed by atoms with Gasteiger partial charge in [0.05, 0.1) is 27.7 Å². The smallest absolute Gasteiger partial charge is 0.462 e. The van der Waals surface area contributed by atoms with Gasteiger partial charge in [-0.25, -0.2) is 4.57 Å². The molecule has 1 N–H and O–H groups in total. The molecule has 0 aliphatic heterocycles. The summed E-state index contributed by atoms with van der Waals surface area (Å²) >= 11 is 0. The maximum Gasteiger partial charge on any atom is 0.472 e. The Morgan fingerprint density at radius 2 is 0.529 bits per heavy atom. The molecule has 0 aromatic heterocycles. The van der Waals surface area contributed by atoms with Crippen LogP contribution in [0, 0.1) is 0 Å². The summed E-state index contributed by atoms with van der Waals surface area (Å²) in [6, 6.07) is 0. The van der Waals surface area contributed by atoms with E-state index in [0.29, 0.717) is 17.4 Å². The molecule has 580 valence electrons. The summed E-state index contributed by atoms with van der Waals surface area (Å²) in [4.78, 5) is 36.0. The van der Waals surface area contributed by atoms with Crippen molar-refractivity contribution in [3.8, 4) is 0 Å². The molecule has 0 aliphatic carbocycles. The van der Waals surface area contributed by atoms with Gasteiger partial charge in [0.15, 0.2) is 6.10 Å². The van der Waals surface area contributed by atoms with Gasteiger partial charge in [0.25, 0.3) is 0 Å². The van der Waals surface area contributed by atoms with Crippen LogP contribution in [-0.4, -0.2) is 74.9 Å². The minimum atomic E-state index is -4.41. The highest BCUT2D eigenvalue weighted by atomic mass is 31.2. The number of hydrogen-bond donors (Lipinski definition) is 1. The first-order valence-electron chi connectivity index (χ1n) is 41.5. The molecule has 0 aliphatic rings. The number of unbranched alkanes of at least 4 members (excludes halogenated alkanes) is 31. The van der Waals surface area contributed by atoms with Gasteiger partial charge in [0, 0.05) is 12.8 Å². The predicted octanol–water partition coefficient (Wildman–Crippen LogP) is 28.2. The van der Waals surface area contributed by atoms with Crippen molar-refractivity contribution in [2.24, 2.45) is 0 Å². The summed E-state index contributed by atoms with van der Waals surface area (Å²) in [6.45, 7) is 4.20. The van der Waals surface area contributed by atoms with Crippen LogP contribution in [0.15, 0.2) is 182 Å². The molecule has 2 unspecified atom stereocenters. The second-order valence-electron chi connectivity index (χ2n) is 28.4. The molecular weight excluding hydrogens is 1280 g/mol. The molecule has 0 rings (SSSR count). The Kier molecular flexibility index (Phi) is 76.4. The van der Waals surface area contributed by atoms with E-state index in [1.807, 2.05) is 21.1 Å². The van der Waals surface area contributed by atoms with Gasteiger partial charge in [-0.15, -0.1) is 0 Å². The number of hydrogen-bond acceptors (Lipinski definition) is 7. The maximum atomic E-state index is 12.9. The lowest BCUT2D eigenvalue weighted by molar-refractivity contribution is -0.870. The second-order valence-corrected chi connectivity index (χ2v) is 29.8. The first-order valence-corrected chi connectivity index (χ1v) is 43.0. The molecule has 2 atom stereocenters. The molecule has 0 fully saturated rings. The van der Waals surface area contributed by atoms with Crippen LogP contribution in [0.1, 0.15) is 335 Å². The Balaban J connectivity index is 4.01. The molecule has 0 radical (unpaired) electrons. The number of phosphoric acid groups is 1. The van der Waals surface area contributed by atoms with Crippen molar-refractivity contribution >= 4 is 19.8 Å². The molecular formula is C92H155NO8P+. The average molecular weight is 1430 g/mol. The normalized spacial score (nSPS) is 14.0. The molecule has 0 heterocycles. The van der Waals surface area contributed by atoms with E-state index in [0.717, 1.165) is 154 Å². The van der Waals surface area contributed by atoms with Crippen LogP contribution in [0.3, 0.4) is 0 Å². The van der Waals surface area contributed by atoms with Crippen molar-refractivity contribution in [2.75, 3.05) is 47.5 Å². The van der Waals surface area contributed by atoms with Crippen LogP contribution in [0.5, 0.6) is 0 Å². The summed E-state index contributed by atoms with van der Waals surface area (Å²) in [5.74, 6) is -0.813. The van der Waals surface area contributed by atoms with Gasteiger partial charge in [0.2, 0.25) is 0 Å². The quantitative estimate of drug-likeness (QED) is 0.0211. The SMILES string of the molecule is CC/C=C\C/C=C\C/C=C\C/C=C\C/C=C\C/C=C\C/C=C\C/C=C\C/C=C\C/C=C\CCCCCCCCC(=O)OC(COC(=O)CCCCCCCCCCCCCCCCCCCCCCCCCCC/C=C\C/C=C\C/C=C\C/C=C\C/C=C\CC)COP(=O)(O)OCC[N+](C)(C)C. The zero-order chi connectivity index (χ0) is 74.0. The monoisotopic (exact) mass is 1430 g/mol. The molecule has 102 heavy (non-hydrogen) atoms. The zero-order valence-electron chi connectivity index (χ0n) is 66.3. The number of esters is 2. The van der Waals surface area contributed by atoms with Gasteiger partial charge >= 0.3 is 19.8 Å². The first-order chi connectivity index (χ1) is 50.0. The Morgan fingerprint density at radius 3 is 0.784 bits per heavy atom. The van der Waals surface area contributed by atoms with Crippen LogP contribution in [0.4, 0.5) is 0 Å². The number of likely N-dealkylation sites (N-methyl/N-ethyl adjacent to an activating group) is 1. The lowest BCUT2D eigenvalue weighted by Gasteiger charge is -2.24. The largest absolute Gasteiger partial charge is 0.472 e. The minimum absolute atomic E-state index is 0.0217. The van der Waals surface area contributed by atoms with E-state index in [1.165, 1.54) is 148 Å². The Morgan fingerprint density at radius 1 is 0.304 bits per heavy atom. The van der Waals surface area contributed by atoms with Crippen LogP contribution in [0.2, 0.25) is 0 Å². The molecule has 0 amide bonds. The lowest BCUT2D eigenvalue weighted by Crippen LogP contribution is -2.37. The van der Waals surface area contributed by atoms with Crippen molar-refractivity contribution < 1.29 is 42.1 Å². The third-order valence-electron chi connectivity index (χ3n) is 17.4. The van der Waals surface area contributed by atoms with Crippen molar-refractivity contribution in [1.29, 1.82) is 0 Å². The summed E-state index contributed by atoms with van der Waals surface area (Å²) in [7, 11) is 1.46. The van der Waals surface area contributed by atoms with Crippen LogP contribution in [0.25, 0.3) is 0 Å². The minimum Gasteiger partial charge on any atom is -0.462 e. The van der Waals surface area contributed by atoms with Crippen LogP contribution in [-0.2, 0) is 32.7 Å². The molecule has 10 heteroatoms. The average Bonchev–Trinajstić information content (AvgIpc) is 0.913. The molecule has 0 bridgehead atoms. The number of rotatable bonds is 75. The van der Waals surface area contributed by atoms with Crippen LogP contribution < -0.4 is 0 Å². The van der Waals surface area contributed by atoms with E-state index in [2.05, 4.69) is 196 Å². The molecule has 0 saturated carbocycles. The standard InChI is InChI=1S/C92H154NO8P/c1-6-8-10-12-14-16-18-20-22-24-26-28-30-32-34-36-38-40-42-44-45-46-47-49-50-52-54-56-58-60-62-64-66-68-70-72-74-76-78-80-82-84-91(94)98-88-90(89-100-102(96,97)99-87-86-93(3,4)5)101-92(95)85-83-81-79-77-75-73-71-69-67-65-63-61-59-57-55-53-51-48-43-41-39-37-35-33-31-29-27-25-23-21-19-17-15-13-11-9-7-2/h8-11,14-17,20-23,26-29,32-35,39,41,48,51,55,57,61,63,67,69,90H,6-7,12-13,18-19,24-25,30-31,36-38,40,42-47,49-50,52-54,56,58-60,62,64-66,68,70-89H2,1-5H3/p+1/b10-8-,11-9-,16-14-,17-15-,22-20-,23-21-,28-26-,29-27-,34-32-,35-33-,41-39-,51-48-,57-55-,63-61-,69-67-. The number of carbonyl (C=O) groups is 2. The van der Waals surface area contributed by atoms with Crippen molar-refractivity contribution in [1.82, 2.24) is 0 Å². The molecule has 0 spiro atoms. The highest BCUT2D eigenvalue weighted by molar-refractivity contribution is 7.47. The van der Waals surface area contributed by atoms with Crippen molar-refractivity contribution in [3.05, 3.63) is 182 Å². The van der Waals surface area contributed by atoms with E-state index < -0.39 is 26.5 Å². The molecule has 0 aromatic carbocycles. The van der Waals surface area contributed by atoms with Crippen molar-refractivity contribution in [3.63, 3.8) is 0 Å². The third kappa shape index (κ3) is 84.1. The number of phosphoric ester groups is 1. The third-order valence-corrected chi connectivity index (χ3v) is 18.4. The van der Waals surface area contributed by atoms with E-state index in [9.17, 15) is 19.0 Å². The first kappa shape index (κ1) is 97.1. The zero-order valence-corrected chi connectivity index (χ0v) is 67.2. The lowest BCUT2D eigenvalue weighted by atomic mass is 10.0. The maximum absolute atomic E-state index is 12.9. The Labute approximate surface area is 629 Å². The van der Waals surface area contributed by atoms with Gasteiger partial charge < -0.3 is 18.9 Å². The van der Waals surface area contributed by atoms with Crippen molar-refractivity contribution in [2.45, 2.75) is 341 Å². The van der Waals surface area contributed by atoms with E-state index in [4.69, 9.17) is 18.5 Å². The van der Waals surface area contributed by atoms with Gasteiger partial charge in [-0.05, 0) is 135 Å². The van der Waals surface area contributed by atoms with Gasteiger partial charge in [-0.3, -0.25) is 18.6 Å². The second kappa shape index (κ2) is 80.2. The number of ether oxygens (including phenoxy) is 2. The molecule has 0 saturated heterocycles. The fourth-order valence-corrected chi connectivity index (χ4v) is 11.9.